The molecule has 1 N–H and O–H groups in total. The highest BCUT2D eigenvalue weighted by molar-refractivity contribution is 7.99. The summed E-state index contributed by atoms with van der Waals surface area (Å²) in [6, 6.07) is 23.4. The topological polar surface area (TPSA) is 154 Å². The van der Waals surface area contributed by atoms with Gasteiger partial charge in [-0.05, 0) is 53.3 Å². The number of aromatic nitrogens is 4. The highest BCUT2D eigenvalue weighted by Crippen LogP contribution is 2.29. The fraction of sp³-hybridized carbons (Fsp3) is 0.258. The number of benzene rings is 3. The van der Waals surface area contributed by atoms with Gasteiger partial charge in [0.15, 0.2) is 5.16 Å². The molecule has 12 nitrogen and oxygen atoms in total. The van der Waals surface area contributed by atoms with Gasteiger partial charge in [0.05, 0.1) is 21.3 Å². The lowest BCUT2D eigenvalue weighted by Crippen LogP contribution is -2.42. The highest BCUT2D eigenvalue weighted by Gasteiger charge is 2.37. The van der Waals surface area contributed by atoms with Gasteiger partial charge in [0.25, 0.3) is 9.84 Å². The monoisotopic (exact) mass is 646 g/mol. The van der Waals surface area contributed by atoms with Crippen molar-refractivity contribution in [3.63, 3.8) is 0 Å². The summed E-state index contributed by atoms with van der Waals surface area (Å²) >= 11 is 1.27. The number of carbonyl (C=O) groups is 1. The summed E-state index contributed by atoms with van der Waals surface area (Å²) in [5.74, 6) is 0.339. The number of nitrogens with zero attached hydrogens (tertiary/aromatic N) is 5. The number of likely N-dealkylation sites (tertiary alicyclic amines) is 1. The number of rotatable bonds is 10. The number of hydrogen-bond donors (Lipinski definition) is 1. The average Bonchev–Trinajstić information content (AvgIpc) is 3.44. The number of hydrogen-bond acceptors (Lipinski definition) is 11. The van der Waals surface area contributed by atoms with Crippen LogP contribution in [0.4, 0.5) is 11.5 Å². The predicted octanol–water partition coefficient (Wildman–Crippen LogP) is 4.55. The number of aryl methyl sites for hydroxylation is 1. The molecule has 0 aliphatic carbocycles. The molecule has 0 saturated carbocycles. The molecule has 0 spiro atoms. The maximum absolute atomic E-state index is 13.1. The Kier molecular flexibility index (Phi) is 8.85. The molecule has 0 bridgehead atoms. The standard InChI is InChI=1S/C31H30N6O6S2/c1-2-21-12-14-22(15-13-21)32-28-25-10-6-7-11-26(25)33-31(34-28)44-20-27(38)36-18-16-23(17-19-36)42-29-30(37(39)43-35-29)45(40,41)24-8-4-3-5-9-24/h3-15,23H,2,16-20H2,1H3,(H,32,33,34). The molecular formula is C31H30N6O6S2. The minimum Gasteiger partial charge on any atom is -0.451 e. The zero-order valence-corrected chi connectivity index (χ0v) is 26.0. The Morgan fingerprint density at radius 1 is 1.04 bits per heavy atom. The minimum absolute atomic E-state index is 0.0777. The van der Waals surface area contributed by atoms with E-state index in [9.17, 15) is 18.4 Å². The van der Waals surface area contributed by atoms with Crippen LogP contribution in [0.1, 0.15) is 25.3 Å². The Morgan fingerprint density at radius 2 is 1.76 bits per heavy atom. The molecular weight excluding hydrogens is 617 g/mol. The molecule has 3 aromatic carbocycles. The van der Waals surface area contributed by atoms with E-state index in [1.807, 2.05) is 36.4 Å². The Morgan fingerprint density at radius 3 is 2.49 bits per heavy atom. The molecule has 6 rings (SSSR count). The quantitative estimate of drug-likeness (QED) is 0.129. The van der Waals surface area contributed by atoms with Gasteiger partial charge in [-0.2, -0.15) is 0 Å². The van der Waals surface area contributed by atoms with Crippen molar-refractivity contribution in [1.29, 1.82) is 0 Å². The maximum atomic E-state index is 13.1. The second kappa shape index (κ2) is 13.1. The number of para-hydroxylation sites is 1. The molecule has 0 radical (unpaired) electrons. The number of sulfone groups is 1. The second-order valence-corrected chi connectivity index (χ2v) is 13.2. The molecule has 45 heavy (non-hydrogen) atoms. The lowest BCUT2D eigenvalue weighted by atomic mass is 10.1. The van der Waals surface area contributed by atoms with Gasteiger partial charge in [0.1, 0.15) is 11.9 Å². The van der Waals surface area contributed by atoms with E-state index in [1.54, 1.807) is 23.1 Å². The van der Waals surface area contributed by atoms with Crippen LogP contribution in [0.15, 0.2) is 98.6 Å². The van der Waals surface area contributed by atoms with Crippen molar-refractivity contribution < 1.29 is 27.5 Å². The van der Waals surface area contributed by atoms with Gasteiger partial charge < -0.3 is 20.2 Å². The van der Waals surface area contributed by atoms with Crippen LogP contribution in [-0.4, -0.2) is 59.3 Å². The first kappa shape index (κ1) is 30.3. The molecule has 1 aliphatic heterocycles. The molecule has 14 heteroatoms. The number of nitrogens with one attached hydrogen (secondary N) is 1. The summed E-state index contributed by atoms with van der Waals surface area (Å²) in [5.41, 5.74) is 2.93. The molecule has 0 unspecified atom stereocenters. The van der Waals surface area contributed by atoms with Crippen LogP contribution in [0.3, 0.4) is 0 Å². The number of anilines is 2. The van der Waals surface area contributed by atoms with Gasteiger partial charge in [0.2, 0.25) is 5.91 Å². The summed E-state index contributed by atoms with van der Waals surface area (Å²) in [6.07, 6.45) is 1.34. The summed E-state index contributed by atoms with van der Waals surface area (Å²) in [6.45, 7) is 2.89. The van der Waals surface area contributed by atoms with Crippen LogP contribution in [0.2, 0.25) is 0 Å². The van der Waals surface area contributed by atoms with Crippen LogP contribution in [0.25, 0.3) is 10.9 Å². The number of piperidine rings is 1. The lowest BCUT2D eigenvalue weighted by Gasteiger charge is -2.31. The van der Waals surface area contributed by atoms with Gasteiger partial charge in [-0.15, -0.1) is 0 Å². The number of carbonyl (C=O) groups excluding carboxylic acids is 1. The SMILES string of the molecule is CCc1ccc(Nc2nc(SCC(=O)N3CCC(Oc4no[n+]([O-])c4S(=O)(=O)c4ccccc4)CC3)nc3ccccc23)cc1. The van der Waals surface area contributed by atoms with Gasteiger partial charge in [-0.1, -0.05) is 61.2 Å². The Hall–Kier alpha value is -4.69. The molecule has 3 heterocycles. The zero-order valence-electron chi connectivity index (χ0n) is 24.3. The first-order chi connectivity index (χ1) is 21.8. The van der Waals surface area contributed by atoms with Crippen molar-refractivity contribution in [1.82, 2.24) is 20.0 Å². The van der Waals surface area contributed by atoms with E-state index in [0.717, 1.165) is 23.0 Å². The number of fused-ring (bicyclic) bond motifs is 1. The largest absolute Gasteiger partial charge is 0.451 e. The normalized spacial score (nSPS) is 14.0. The van der Waals surface area contributed by atoms with Crippen molar-refractivity contribution in [2.45, 2.75) is 47.4 Å². The van der Waals surface area contributed by atoms with Crippen molar-refractivity contribution in [2.24, 2.45) is 0 Å². The van der Waals surface area contributed by atoms with E-state index in [-0.39, 0.29) is 21.5 Å². The van der Waals surface area contributed by atoms with Gasteiger partial charge in [-0.3, -0.25) is 9.42 Å². The number of thioether (sulfide) groups is 1. The summed E-state index contributed by atoms with van der Waals surface area (Å²) in [7, 11) is -4.22. The second-order valence-electron chi connectivity index (χ2n) is 10.4. The van der Waals surface area contributed by atoms with Crippen LogP contribution in [-0.2, 0) is 21.1 Å². The van der Waals surface area contributed by atoms with Crippen LogP contribution < -0.4 is 15.0 Å². The third kappa shape index (κ3) is 6.71. The molecule has 1 saturated heterocycles. The Labute approximate surface area is 263 Å². The van der Waals surface area contributed by atoms with Crippen LogP contribution in [0, 0.1) is 5.21 Å². The predicted molar refractivity (Wildman–Crippen MR) is 167 cm³/mol. The van der Waals surface area contributed by atoms with E-state index in [1.165, 1.54) is 29.5 Å². The third-order valence-corrected chi connectivity index (χ3v) is 10.0. The number of ether oxygens (including phenoxy) is 1. The van der Waals surface area contributed by atoms with Crippen molar-refractivity contribution in [2.75, 3.05) is 24.2 Å². The smallest absolute Gasteiger partial charge is 0.415 e. The van der Waals surface area contributed by atoms with Gasteiger partial charge >= 0.3 is 10.9 Å². The summed E-state index contributed by atoms with van der Waals surface area (Å²) < 4.78 is 36.5. The van der Waals surface area contributed by atoms with Crippen molar-refractivity contribution in [3.8, 4) is 5.88 Å². The maximum Gasteiger partial charge on any atom is 0.415 e. The molecule has 5 aromatic rings. The number of amides is 1. The zero-order chi connectivity index (χ0) is 31.4. The van der Waals surface area contributed by atoms with E-state index in [0.29, 0.717) is 36.9 Å². The minimum atomic E-state index is -4.22. The average molecular weight is 647 g/mol. The van der Waals surface area contributed by atoms with E-state index in [4.69, 9.17) is 9.72 Å². The molecule has 1 aliphatic rings. The molecule has 232 valence electrons. The van der Waals surface area contributed by atoms with Crippen molar-refractivity contribution >= 4 is 49.9 Å². The first-order valence-corrected chi connectivity index (χ1v) is 16.9. The van der Waals surface area contributed by atoms with E-state index in [2.05, 4.69) is 39.1 Å². The van der Waals surface area contributed by atoms with E-state index >= 15 is 0 Å². The van der Waals surface area contributed by atoms with Crippen molar-refractivity contribution in [3.05, 3.63) is 89.6 Å². The summed E-state index contributed by atoms with van der Waals surface area (Å²) in [4.78, 5) is 24.0. The highest BCUT2D eigenvalue weighted by atomic mass is 32.2. The molecule has 1 fully saturated rings. The van der Waals surface area contributed by atoms with Gasteiger partial charge in [0, 0.05) is 37.0 Å². The fourth-order valence-electron chi connectivity index (χ4n) is 5.00. The summed E-state index contributed by atoms with van der Waals surface area (Å²) in [5, 5.41) is 19.8. The molecule has 0 atom stereocenters. The van der Waals surface area contributed by atoms with E-state index < -0.39 is 26.8 Å². The van der Waals surface area contributed by atoms with Crippen LogP contribution >= 0.6 is 11.8 Å². The first-order valence-electron chi connectivity index (χ1n) is 14.4. The Bertz CT molecular complexity index is 1910. The van der Waals surface area contributed by atoms with Gasteiger partial charge in [-0.25, -0.2) is 18.4 Å². The third-order valence-electron chi connectivity index (χ3n) is 7.46. The molecule has 2 aromatic heterocycles. The molecule has 1 amide bonds. The van der Waals surface area contributed by atoms with Crippen LogP contribution in [0.5, 0.6) is 5.88 Å². The Balaban J connectivity index is 1.07. The fourth-order valence-corrected chi connectivity index (χ4v) is 7.04. The lowest BCUT2D eigenvalue weighted by molar-refractivity contribution is -0.832.